The summed E-state index contributed by atoms with van der Waals surface area (Å²) < 4.78 is 5.87. The molecule has 0 saturated carbocycles. The number of hydrogen-bond donors (Lipinski definition) is 3. The van der Waals surface area contributed by atoms with Crippen molar-refractivity contribution in [3.8, 4) is 11.5 Å². The number of benzene rings is 3. The molecule has 1 heterocycles. The SMILES string of the molecule is CCCCCCCCC=CCCCCCCCC(=O)O.O=C1OC(c2ccc(O)cc2)(c2ccc(O)cc2)c2ccccc21. The minimum atomic E-state index is -1.10. The molecule has 0 amide bonds. The molecule has 1 aliphatic rings. The quantitative estimate of drug-likeness (QED) is 0.0809. The van der Waals surface area contributed by atoms with Gasteiger partial charge < -0.3 is 20.1 Å². The van der Waals surface area contributed by atoms with E-state index in [2.05, 4.69) is 19.1 Å². The number of carbonyl (C=O) groups excluding carboxylic acids is 1. The number of allylic oxidation sites excluding steroid dienone is 2. The summed E-state index contributed by atoms with van der Waals surface area (Å²) in [5.41, 5.74) is 1.60. The Morgan fingerprint density at radius 2 is 1.16 bits per heavy atom. The van der Waals surface area contributed by atoms with Gasteiger partial charge in [-0.3, -0.25) is 4.79 Å². The smallest absolute Gasteiger partial charge is 0.340 e. The van der Waals surface area contributed by atoms with Gasteiger partial charge in [0.15, 0.2) is 5.60 Å². The lowest BCUT2D eigenvalue weighted by Gasteiger charge is -2.30. The van der Waals surface area contributed by atoms with E-state index in [1.54, 1.807) is 60.7 Å². The number of esters is 1. The van der Waals surface area contributed by atoms with E-state index in [0.717, 1.165) is 29.5 Å². The van der Waals surface area contributed by atoms with Gasteiger partial charge in [-0.05, 0) is 62.4 Å². The maximum absolute atomic E-state index is 12.4. The number of carboxylic acid groups (broad SMARTS) is 1. The Morgan fingerprint density at radius 3 is 1.68 bits per heavy atom. The predicted octanol–water partition coefficient (Wildman–Crippen LogP) is 9.67. The highest BCUT2D eigenvalue weighted by Crippen LogP contribution is 2.47. The number of ether oxygens (including phenoxy) is 1. The van der Waals surface area contributed by atoms with E-state index in [1.807, 2.05) is 12.1 Å². The van der Waals surface area contributed by atoms with Crippen molar-refractivity contribution < 1.29 is 29.6 Å². The van der Waals surface area contributed by atoms with Crippen molar-refractivity contribution in [2.75, 3.05) is 0 Å². The van der Waals surface area contributed by atoms with Crippen LogP contribution in [0.1, 0.15) is 124 Å². The molecule has 0 saturated heterocycles. The van der Waals surface area contributed by atoms with Gasteiger partial charge in [-0.1, -0.05) is 113 Å². The van der Waals surface area contributed by atoms with Gasteiger partial charge in [-0.25, -0.2) is 4.79 Å². The predicted molar refractivity (Wildman–Crippen MR) is 175 cm³/mol. The fourth-order valence-electron chi connectivity index (χ4n) is 5.55. The summed E-state index contributed by atoms with van der Waals surface area (Å²) >= 11 is 0. The molecule has 0 spiro atoms. The third-order valence-electron chi connectivity index (χ3n) is 7.97. The van der Waals surface area contributed by atoms with Gasteiger partial charge in [-0.2, -0.15) is 0 Å². The van der Waals surface area contributed by atoms with Gasteiger partial charge in [0.25, 0.3) is 0 Å². The first-order valence-corrected chi connectivity index (χ1v) is 16.2. The molecule has 0 radical (unpaired) electrons. The van der Waals surface area contributed by atoms with Gasteiger partial charge in [0.05, 0.1) is 5.56 Å². The van der Waals surface area contributed by atoms with Crippen LogP contribution >= 0.6 is 0 Å². The van der Waals surface area contributed by atoms with Crippen LogP contribution < -0.4 is 0 Å². The van der Waals surface area contributed by atoms with Gasteiger partial charge >= 0.3 is 11.9 Å². The first-order chi connectivity index (χ1) is 21.4. The zero-order valence-corrected chi connectivity index (χ0v) is 26.0. The van der Waals surface area contributed by atoms with Crippen LogP contribution in [0.2, 0.25) is 0 Å². The standard InChI is InChI=1S/C20H14O4.C18H34O2/c21-15-9-5-13(6-10-15)20(14-7-11-16(22)12-8-14)18-4-2-1-3-17(18)19(23)24-20;1-2-3-4-5-6-7-8-9-10-11-12-13-14-15-16-17-18(19)20/h1-12,21-22H;9-10H,2-8,11-17H2,1H3,(H,19,20). The Hall–Kier alpha value is -4.06. The summed E-state index contributed by atoms with van der Waals surface area (Å²) in [4.78, 5) is 22.8. The number of hydrogen-bond acceptors (Lipinski definition) is 5. The number of aliphatic carboxylic acids is 1. The van der Waals surface area contributed by atoms with Crippen molar-refractivity contribution in [3.63, 3.8) is 0 Å². The van der Waals surface area contributed by atoms with Crippen LogP contribution in [0, 0.1) is 0 Å². The Bertz CT molecular complexity index is 1260. The Balaban J connectivity index is 0.000000246. The van der Waals surface area contributed by atoms with Crippen LogP contribution in [0.25, 0.3) is 0 Å². The number of fused-ring (bicyclic) bond motifs is 1. The molecule has 6 heteroatoms. The Morgan fingerprint density at radius 1 is 0.682 bits per heavy atom. The van der Waals surface area contributed by atoms with Gasteiger partial charge in [0.1, 0.15) is 11.5 Å². The number of phenols is 2. The summed E-state index contributed by atoms with van der Waals surface area (Å²) in [6, 6.07) is 20.4. The van der Waals surface area contributed by atoms with Crippen molar-refractivity contribution in [1.29, 1.82) is 0 Å². The monoisotopic (exact) mass is 600 g/mol. The molecule has 4 rings (SSSR count). The van der Waals surface area contributed by atoms with E-state index in [9.17, 15) is 19.8 Å². The Labute approximate surface area is 262 Å². The molecular weight excluding hydrogens is 552 g/mol. The van der Waals surface area contributed by atoms with E-state index in [1.165, 1.54) is 70.6 Å². The molecule has 44 heavy (non-hydrogen) atoms. The second-order valence-electron chi connectivity index (χ2n) is 11.4. The highest BCUT2D eigenvalue weighted by Gasteiger charge is 2.48. The molecule has 6 nitrogen and oxygen atoms in total. The maximum atomic E-state index is 12.4. The van der Waals surface area contributed by atoms with Crippen molar-refractivity contribution in [2.24, 2.45) is 0 Å². The van der Waals surface area contributed by atoms with E-state index in [-0.39, 0.29) is 11.5 Å². The highest BCUT2D eigenvalue weighted by molar-refractivity contribution is 5.96. The molecule has 0 aliphatic carbocycles. The summed E-state index contributed by atoms with van der Waals surface area (Å²) in [6.07, 6.45) is 21.2. The van der Waals surface area contributed by atoms with E-state index >= 15 is 0 Å². The molecule has 0 aromatic heterocycles. The average molecular weight is 601 g/mol. The molecule has 0 bridgehead atoms. The molecule has 0 unspecified atom stereocenters. The number of cyclic esters (lactones) is 1. The zero-order chi connectivity index (χ0) is 31.6. The number of carbonyl (C=O) groups is 2. The van der Waals surface area contributed by atoms with Crippen molar-refractivity contribution in [1.82, 2.24) is 0 Å². The number of unbranched alkanes of at least 4 members (excludes halogenated alkanes) is 11. The fraction of sp³-hybridized carbons (Fsp3) is 0.421. The molecule has 1 aliphatic heterocycles. The topological polar surface area (TPSA) is 104 Å². The van der Waals surface area contributed by atoms with Crippen molar-refractivity contribution >= 4 is 11.9 Å². The highest BCUT2D eigenvalue weighted by atomic mass is 16.6. The summed E-state index contributed by atoms with van der Waals surface area (Å²) in [5.74, 6) is -0.788. The third kappa shape index (κ3) is 10.3. The number of phenolic OH excluding ortho intramolecular Hbond substituents is 2. The lowest BCUT2D eigenvalue weighted by atomic mass is 9.80. The first kappa shape index (κ1) is 34.4. The van der Waals surface area contributed by atoms with Gasteiger partial charge in [0, 0.05) is 23.1 Å². The third-order valence-corrected chi connectivity index (χ3v) is 7.97. The second-order valence-corrected chi connectivity index (χ2v) is 11.4. The van der Waals surface area contributed by atoms with Crippen LogP contribution in [0.4, 0.5) is 0 Å². The van der Waals surface area contributed by atoms with E-state index in [0.29, 0.717) is 12.0 Å². The summed E-state index contributed by atoms with van der Waals surface area (Å²) in [6.45, 7) is 2.26. The van der Waals surface area contributed by atoms with E-state index < -0.39 is 17.5 Å². The number of rotatable bonds is 17. The van der Waals surface area contributed by atoms with Crippen LogP contribution in [0.3, 0.4) is 0 Å². The van der Waals surface area contributed by atoms with Crippen LogP contribution in [0.15, 0.2) is 84.9 Å². The average Bonchev–Trinajstić information content (AvgIpc) is 3.33. The molecule has 3 aromatic carbocycles. The Kier molecular flexibility index (Phi) is 14.5. The number of carboxylic acids is 1. The normalized spacial score (nSPS) is 13.2. The minimum Gasteiger partial charge on any atom is -0.508 e. The van der Waals surface area contributed by atoms with Gasteiger partial charge in [-0.15, -0.1) is 0 Å². The molecule has 0 atom stereocenters. The van der Waals surface area contributed by atoms with Crippen LogP contribution in [-0.2, 0) is 15.1 Å². The second kappa shape index (κ2) is 18.6. The molecular formula is C38H48O6. The van der Waals surface area contributed by atoms with E-state index in [4.69, 9.17) is 9.84 Å². The lowest BCUT2D eigenvalue weighted by Crippen LogP contribution is -2.29. The molecule has 236 valence electrons. The number of aromatic hydroxyl groups is 2. The van der Waals surface area contributed by atoms with Crippen molar-refractivity contribution in [2.45, 2.75) is 102 Å². The largest absolute Gasteiger partial charge is 0.508 e. The molecule has 0 fully saturated rings. The van der Waals surface area contributed by atoms with Gasteiger partial charge in [0.2, 0.25) is 0 Å². The minimum absolute atomic E-state index is 0.136. The molecule has 3 aromatic rings. The van der Waals surface area contributed by atoms with Crippen molar-refractivity contribution in [3.05, 3.63) is 107 Å². The molecule has 3 N–H and O–H groups in total. The lowest BCUT2D eigenvalue weighted by molar-refractivity contribution is -0.137. The fourth-order valence-corrected chi connectivity index (χ4v) is 5.55. The summed E-state index contributed by atoms with van der Waals surface area (Å²) in [7, 11) is 0. The van der Waals surface area contributed by atoms with Crippen LogP contribution in [-0.4, -0.2) is 27.3 Å². The van der Waals surface area contributed by atoms with Crippen LogP contribution in [0.5, 0.6) is 11.5 Å². The summed E-state index contributed by atoms with van der Waals surface area (Å²) in [5, 5.41) is 27.7. The first-order valence-electron chi connectivity index (χ1n) is 16.2. The maximum Gasteiger partial charge on any atom is 0.340 e. The zero-order valence-electron chi connectivity index (χ0n) is 26.0.